The zero-order chi connectivity index (χ0) is 12.3. The van der Waals surface area contributed by atoms with E-state index in [1.54, 1.807) is 5.32 Å². The van der Waals surface area contributed by atoms with E-state index in [1.807, 2.05) is 0 Å². The number of benzene rings is 1. The minimum Gasteiger partial charge on any atom is -0.317 e. The maximum Gasteiger partial charge on any atom is 0.248 e. The standard InChI is InChI=1S/C10H7F4NO/c1-2-3-7(16)15-10-8(13)5(11)4-6(12)9(10)14/h2-4H,1H3,(H,15,16)/b3-2+. The van der Waals surface area contributed by atoms with Gasteiger partial charge in [-0.25, -0.2) is 17.6 Å². The highest BCUT2D eigenvalue weighted by Gasteiger charge is 2.19. The summed E-state index contributed by atoms with van der Waals surface area (Å²) in [4.78, 5) is 11.0. The number of hydrogen-bond acceptors (Lipinski definition) is 1. The molecule has 0 aliphatic rings. The molecule has 0 aliphatic heterocycles. The molecule has 1 N–H and O–H groups in total. The molecule has 86 valence electrons. The first-order valence-corrected chi connectivity index (χ1v) is 4.24. The molecular weight excluding hydrogens is 226 g/mol. The fraction of sp³-hybridized carbons (Fsp3) is 0.100. The molecule has 0 bridgehead atoms. The van der Waals surface area contributed by atoms with Gasteiger partial charge in [-0.05, 0) is 13.0 Å². The first-order chi connectivity index (χ1) is 7.47. The fourth-order valence-corrected chi connectivity index (χ4v) is 0.999. The van der Waals surface area contributed by atoms with Crippen LogP contribution in [-0.4, -0.2) is 5.91 Å². The predicted octanol–water partition coefficient (Wildman–Crippen LogP) is 2.76. The van der Waals surface area contributed by atoms with Crippen LogP contribution in [0.3, 0.4) is 0 Å². The molecule has 0 atom stereocenters. The van der Waals surface area contributed by atoms with Gasteiger partial charge in [-0.1, -0.05) is 6.08 Å². The number of carbonyl (C=O) groups excluding carboxylic acids is 1. The average Bonchev–Trinajstić information content (AvgIpc) is 2.22. The smallest absolute Gasteiger partial charge is 0.248 e. The van der Waals surface area contributed by atoms with Crippen molar-refractivity contribution in [3.05, 3.63) is 41.5 Å². The van der Waals surface area contributed by atoms with Crippen LogP contribution >= 0.6 is 0 Å². The third-order valence-electron chi connectivity index (χ3n) is 1.68. The van der Waals surface area contributed by atoms with Crippen LogP contribution in [0.5, 0.6) is 0 Å². The van der Waals surface area contributed by atoms with E-state index in [0.29, 0.717) is 0 Å². The Balaban J connectivity index is 3.17. The van der Waals surface area contributed by atoms with Gasteiger partial charge in [-0.15, -0.1) is 0 Å². The number of allylic oxidation sites excluding steroid dienone is 1. The van der Waals surface area contributed by atoms with Crippen LogP contribution in [-0.2, 0) is 4.79 Å². The topological polar surface area (TPSA) is 29.1 Å². The van der Waals surface area contributed by atoms with Gasteiger partial charge in [-0.2, -0.15) is 0 Å². The van der Waals surface area contributed by atoms with Crippen molar-refractivity contribution in [2.24, 2.45) is 0 Å². The summed E-state index contributed by atoms with van der Waals surface area (Å²) in [6, 6.07) is 0.0655. The first kappa shape index (κ1) is 12.2. The van der Waals surface area contributed by atoms with Crippen molar-refractivity contribution in [3.8, 4) is 0 Å². The maximum absolute atomic E-state index is 13.0. The van der Waals surface area contributed by atoms with E-state index in [4.69, 9.17) is 0 Å². The SMILES string of the molecule is C/C=C/C(=O)Nc1c(F)c(F)cc(F)c1F. The highest BCUT2D eigenvalue weighted by molar-refractivity contribution is 5.99. The number of hydrogen-bond donors (Lipinski definition) is 1. The Morgan fingerprint density at radius 2 is 1.69 bits per heavy atom. The molecule has 1 aromatic rings. The Morgan fingerprint density at radius 1 is 1.19 bits per heavy atom. The third-order valence-corrected chi connectivity index (χ3v) is 1.68. The molecule has 0 unspecified atom stereocenters. The molecule has 0 aromatic heterocycles. The monoisotopic (exact) mass is 233 g/mol. The Hall–Kier alpha value is -1.85. The molecule has 0 aliphatic carbocycles. The van der Waals surface area contributed by atoms with Gasteiger partial charge in [0.05, 0.1) is 0 Å². The molecule has 2 nitrogen and oxygen atoms in total. The van der Waals surface area contributed by atoms with Gasteiger partial charge in [0.2, 0.25) is 5.91 Å². The van der Waals surface area contributed by atoms with Crippen LogP contribution in [0.2, 0.25) is 0 Å². The lowest BCUT2D eigenvalue weighted by Gasteiger charge is -2.06. The molecule has 0 saturated carbocycles. The number of nitrogens with one attached hydrogen (secondary N) is 1. The molecule has 1 rings (SSSR count). The van der Waals surface area contributed by atoms with Gasteiger partial charge < -0.3 is 5.32 Å². The third kappa shape index (κ3) is 2.39. The molecule has 0 spiro atoms. The van der Waals surface area contributed by atoms with E-state index >= 15 is 0 Å². The number of rotatable bonds is 2. The Morgan fingerprint density at radius 3 is 2.12 bits per heavy atom. The van der Waals surface area contributed by atoms with Crippen LogP contribution in [0.25, 0.3) is 0 Å². The van der Waals surface area contributed by atoms with Crippen molar-refractivity contribution >= 4 is 11.6 Å². The molecule has 6 heteroatoms. The normalized spacial score (nSPS) is 10.8. The van der Waals surface area contributed by atoms with E-state index in [1.165, 1.54) is 13.0 Å². The summed E-state index contributed by atoms with van der Waals surface area (Å²) in [5, 5.41) is 1.71. The van der Waals surface area contributed by atoms with Crippen molar-refractivity contribution < 1.29 is 22.4 Å². The molecule has 0 saturated heterocycles. The van der Waals surface area contributed by atoms with Crippen LogP contribution in [0.15, 0.2) is 18.2 Å². The van der Waals surface area contributed by atoms with Crippen molar-refractivity contribution in [2.45, 2.75) is 6.92 Å². The summed E-state index contributed by atoms with van der Waals surface area (Å²) in [5.41, 5.74) is -1.14. The van der Waals surface area contributed by atoms with Crippen molar-refractivity contribution in [2.75, 3.05) is 5.32 Å². The minimum atomic E-state index is -1.64. The summed E-state index contributed by atoms with van der Waals surface area (Å²) in [5.74, 6) is -7.32. The van der Waals surface area contributed by atoms with Crippen LogP contribution in [0.1, 0.15) is 6.92 Å². The Labute approximate surface area is 88.6 Å². The summed E-state index contributed by atoms with van der Waals surface area (Å²) in [7, 11) is 0. The number of halogens is 4. The molecule has 0 radical (unpaired) electrons. The largest absolute Gasteiger partial charge is 0.317 e. The highest BCUT2D eigenvalue weighted by Crippen LogP contribution is 2.23. The molecule has 1 amide bonds. The Bertz CT molecular complexity index is 430. The molecule has 1 aromatic carbocycles. The lowest BCUT2D eigenvalue weighted by atomic mass is 10.2. The molecule has 16 heavy (non-hydrogen) atoms. The van der Waals surface area contributed by atoms with Crippen molar-refractivity contribution in [1.82, 2.24) is 0 Å². The Kier molecular flexibility index (Phi) is 3.65. The van der Waals surface area contributed by atoms with Crippen LogP contribution in [0.4, 0.5) is 23.2 Å². The maximum atomic E-state index is 13.0. The lowest BCUT2D eigenvalue weighted by Crippen LogP contribution is -2.13. The van der Waals surface area contributed by atoms with Gasteiger partial charge in [0.15, 0.2) is 23.3 Å². The summed E-state index contributed by atoms with van der Waals surface area (Å²) in [6.45, 7) is 1.50. The van der Waals surface area contributed by atoms with E-state index in [2.05, 4.69) is 0 Å². The molecular formula is C10H7F4NO. The van der Waals surface area contributed by atoms with E-state index < -0.39 is 34.9 Å². The number of amides is 1. The van der Waals surface area contributed by atoms with Gasteiger partial charge >= 0.3 is 0 Å². The summed E-state index contributed by atoms with van der Waals surface area (Å²) < 4.78 is 51.5. The van der Waals surface area contributed by atoms with Gasteiger partial charge in [0.25, 0.3) is 0 Å². The second kappa shape index (κ2) is 4.78. The molecule has 0 fully saturated rings. The van der Waals surface area contributed by atoms with Crippen LogP contribution < -0.4 is 5.32 Å². The second-order valence-electron chi connectivity index (χ2n) is 2.83. The van der Waals surface area contributed by atoms with Gasteiger partial charge in [0, 0.05) is 6.07 Å². The zero-order valence-electron chi connectivity index (χ0n) is 8.15. The van der Waals surface area contributed by atoms with E-state index in [9.17, 15) is 22.4 Å². The number of anilines is 1. The second-order valence-corrected chi connectivity index (χ2v) is 2.83. The quantitative estimate of drug-likeness (QED) is 0.475. The number of carbonyl (C=O) groups is 1. The average molecular weight is 233 g/mol. The fourth-order valence-electron chi connectivity index (χ4n) is 0.999. The summed E-state index contributed by atoms with van der Waals surface area (Å²) >= 11 is 0. The van der Waals surface area contributed by atoms with Crippen molar-refractivity contribution in [1.29, 1.82) is 0 Å². The molecule has 0 heterocycles. The van der Waals surface area contributed by atoms with Gasteiger partial charge in [0.1, 0.15) is 5.69 Å². The predicted molar refractivity (Wildman–Crippen MR) is 49.7 cm³/mol. The van der Waals surface area contributed by atoms with Crippen molar-refractivity contribution in [3.63, 3.8) is 0 Å². The van der Waals surface area contributed by atoms with Gasteiger partial charge in [-0.3, -0.25) is 4.79 Å². The lowest BCUT2D eigenvalue weighted by molar-refractivity contribution is -0.112. The highest BCUT2D eigenvalue weighted by atomic mass is 19.2. The first-order valence-electron chi connectivity index (χ1n) is 4.24. The summed E-state index contributed by atoms with van der Waals surface area (Å²) in [6.07, 6.45) is 2.27. The van der Waals surface area contributed by atoms with E-state index in [0.717, 1.165) is 6.08 Å². The zero-order valence-corrected chi connectivity index (χ0v) is 8.15. The van der Waals surface area contributed by atoms with E-state index in [-0.39, 0.29) is 6.07 Å². The minimum absolute atomic E-state index is 0.0655. The van der Waals surface area contributed by atoms with Crippen LogP contribution in [0, 0.1) is 23.3 Å².